The fourth-order valence-electron chi connectivity index (χ4n) is 1.62. The van der Waals surface area contributed by atoms with Gasteiger partial charge in [-0.05, 0) is 12.1 Å². The third kappa shape index (κ3) is 1.78. The number of para-hydroxylation sites is 1. The Labute approximate surface area is 89.0 Å². The summed E-state index contributed by atoms with van der Waals surface area (Å²) in [5, 5.41) is 10.1. The average Bonchev–Trinajstić information content (AvgIpc) is 2.27. The van der Waals surface area contributed by atoms with E-state index in [1.165, 1.54) is 0 Å². The fourth-order valence-corrected chi connectivity index (χ4v) is 1.62. The lowest BCUT2D eigenvalue weighted by Gasteiger charge is -2.14. The number of aliphatic hydroxyl groups excluding tert-OH is 1. The lowest BCUT2D eigenvalue weighted by atomic mass is 10.1. The van der Waals surface area contributed by atoms with E-state index in [0.29, 0.717) is 5.69 Å². The highest BCUT2D eigenvalue weighted by Gasteiger charge is 2.04. The summed E-state index contributed by atoms with van der Waals surface area (Å²) in [6, 6.07) is 9.90. The maximum Gasteiger partial charge on any atom is 0.0939 e. The van der Waals surface area contributed by atoms with Gasteiger partial charge in [0.25, 0.3) is 0 Å². The van der Waals surface area contributed by atoms with Gasteiger partial charge in [-0.25, -0.2) is 4.98 Å². The SMILES string of the molecule is CN(C)c1cccc2ccc(CO)nc12. The summed E-state index contributed by atoms with van der Waals surface area (Å²) < 4.78 is 0. The zero-order chi connectivity index (χ0) is 10.8. The Bertz CT molecular complexity index is 480. The summed E-state index contributed by atoms with van der Waals surface area (Å²) in [5.41, 5.74) is 2.72. The van der Waals surface area contributed by atoms with Crippen LogP contribution in [0.15, 0.2) is 30.3 Å². The molecule has 1 aromatic heterocycles. The zero-order valence-electron chi connectivity index (χ0n) is 8.94. The van der Waals surface area contributed by atoms with Crippen LogP contribution < -0.4 is 4.90 Å². The molecule has 1 heterocycles. The molecule has 0 radical (unpaired) electrons. The van der Waals surface area contributed by atoms with Gasteiger partial charge in [-0.1, -0.05) is 18.2 Å². The van der Waals surface area contributed by atoms with Crippen LogP contribution in [0.2, 0.25) is 0 Å². The number of hydrogen-bond acceptors (Lipinski definition) is 3. The number of aromatic nitrogens is 1. The van der Waals surface area contributed by atoms with Gasteiger partial charge >= 0.3 is 0 Å². The van der Waals surface area contributed by atoms with Gasteiger partial charge in [-0.2, -0.15) is 0 Å². The molecule has 15 heavy (non-hydrogen) atoms. The molecule has 0 aliphatic heterocycles. The second-order valence-corrected chi connectivity index (χ2v) is 3.70. The van der Waals surface area contributed by atoms with Crippen LogP contribution in [0.5, 0.6) is 0 Å². The molecule has 3 nitrogen and oxygen atoms in total. The number of hydrogen-bond donors (Lipinski definition) is 1. The molecule has 78 valence electrons. The molecule has 0 atom stereocenters. The van der Waals surface area contributed by atoms with Crippen LogP contribution in [-0.4, -0.2) is 24.2 Å². The van der Waals surface area contributed by atoms with Crippen LogP contribution in [0.4, 0.5) is 5.69 Å². The van der Waals surface area contributed by atoms with Gasteiger partial charge in [0.05, 0.1) is 23.5 Å². The summed E-state index contributed by atoms with van der Waals surface area (Å²) in [4.78, 5) is 6.45. The first-order valence-electron chi connectivity index (χ1n) is 4.89. The van der Waals surface area contributed by atoms with Gasteiger partial charge in [0.2, 0.25) is 0 Å². The zero-order valence-corrected chi connectivity index (χ0v) is 8.94. The molecule has 2 aromatic rings. The number of anilines is 1. The standard InChI is InChI=1S/C12H14N2O/c1-14(2)11-5-3-4-9-6-7-10(8-15)13-12(9)11/h3-7,15H,8H2,1-2H3. The van der Waals surface area contributed by atoms with Crippen molar-refractivity contribution in [1.29, 1.82) is 0 Å². The van der Waals surface area contributed by atoms with E-state index >= 15 is 0 Å². The van der Waals surface area contributed by atoms with Crippen molar-refractivity contribution in [3.05, 3.63) is 36.0 Å². The largest absolute Gasteiger partial charge is 0.390 e. The van der Waals surface area contributed by atoms with E-state index in [2.05, 4.69) is 4.98 Å². The summed E-state index contributed by atoms with van der Waals surface area (Å²) >= 11 is 0. The van der Waals surface area contributed by atoms with E-state index in [9.17, 15) is 0 Å². The summed E-state index contributed by atoms with van der Waals surface area (Å²) in [6.07, 6.45) is 0. The molecule has 3 heteroatoms. The molecule has 2 rings (SSSR count). The minimum atomic E-state index is -0.0162. The van der Waals surface area contributed by atoms with Crippen LogP contribution >= 0.6 is 0 Å². The lowest BCUT2D eigenvalue weighted by molar-refractivity contribution is 0.277. The molecule has 0 saturated heterocycles. The number of benzene rings is 1. The molecule has 0 bridgehead atoms. The summed E-state index contributed by atoms with van der Waals surface area (Å²) in [7, 11) is 3.98. The Balaban J connectivity index is 2.70. The van der Waals surface area contributed by atoms with E-state index in [0.717, 1.165) is 16.6 Å². The second kappa shape index (κ2) is 3.87. The first-order chi connectivity index (χ1) is 7.22. The Hall–Kier alpha value is -1.61. The van der Waals surface area contributed by atoms with E-state index in [1.807, 2.05) is 49.3 Å². The van der Waals surface area contributed by atoms with Crippen LogP contribution in [-0.2, 0) is 6.61 Å². The first kappa shape index (κ1) is 9.93. The highest BCUT2D eigenvalue weighted by Crippen LogP contribution is 2.23. The smallest absolute Gasteiger partial charge is 0.0939 e. The molecule has 0 saturated carbocycles. The normalized spacial score (nSPS) is 10.6. The molecular formula is C12H14N2O. The van der Waals surface area contributed by atoms with Gasteiger partial charge in [-0.3, -0.25) is 0 Å². The third-order valence-corrected chi connectivity index (χ3v) is 2.40. The predicted octanol–water partition coefficient (Wildman–Crippen LogP) is 1.79. The Morgan fingerprint density at radius 3 is 2.67 bits per heavy atom. The first-order valence-corrected chi connectivity index (χ1v) is 4.89. The Morgan fingerprint density at radius 1 is 1.20 bits per heavy atom. The molecule has 0 aliphatic carbocycles. The molecule has 0 aliphatic rings. The summed E-state index contributed by atoms with van der Waals surface area (Å²) in [6.45, 7) is -0.0162. The predicted molar refractivity (Wildman–Crippen MR) is 62.0 cm³/mol. The Morgan fingerprint density at radius 2 is 2.00 bits per heavy atom. The monoisotopic (exact) mass is 202 g/mol. The fraction of sp³-hybridized carbons (Fsp3) is 0.250. The number of nitrogens with zero attached hydrogens (tertiary/aromatic N) is 2. The Kier molecular flexibility index (Phi) is 2.56. The van der Waals surface area contributed by atoms with Gasteiger partial charge in [0.1, 0.15) is 0 Å². The highest BCUT2D eigenvalue weighted by molar-refractivity contribution is 5.90. The van der Waals surface area contributed by atoms with Crippen LogP contribution in [0.1, 0.15) is 5.69 Å². The maximum absolute atomic E-state index is 9.05. The van der Waals surface area contributed by atoms with E-state index in [-0.39, 0.29) is 6.61 Å². The van der Waals surface area contributed by atoms with Gasteiger partial charge < -0.3 is 10.0 Å². The van der Waals surface area contributed by atoms with Gasteiger partial charge in [0.15, 0.2) is 0 Å². The lowest BCUT2D eigenvalue weighted by Crippen LogP contribution is -2.09. The molecule has 0 spiro atoms. The maximum atomic E-state index is 9.05. The minimum absolute atomic E-state index is 0.0162. The minimum Gasteiger partial charge on any atom is -0.390 e. The van der Waals surface area contributed by atoms with Crippen molar-refractivity contribution in [1.82, 2.24) is 4.98 Å². The quantitative estimate of drug-likeness (QED) is 0.806. The van der Waals surface area contributed by atoms with Crippen molar-refractivity contribution in [2.75, 3.05) is 19.0 Å². The van der Waals surface area contributed by atoms with E-state index in [4.69, 9.17) is 5.11 Å². The molecule has 1 N–H and O–H groups in total. The van der Waals surface area contributed by atoms with Crippen LogP contribution in [0.3, 0.4) is 0 Å². The van der Waals surface area contributed by atoms with Crippen LogP contribution in [0.25, 0.3) is 10.9 Å². The average molecular weight is 202 g/mol. The topological polar surface area (TPSA) is 36.4 Å². The molecule has 1 aromatic carbocycles. The molecule has 0 fully saturated rings. The molecular weight excluding hydrogens is 188 g/mol. The number of rotatable bonds is 2. The third-order valence-electron chi connectivity index (χ3n) is 2.40. The highest BCUT2D eigenvalue weighted by atomic mass is 16.3. The molecule has 0 unspecified atom stereocenters. The van der Waals surface area contributed by atoms with Crippen molar-refractivity contribution < 1.29 is 5.11 Å². The van der Waals surface area contributed by atoms with Crippen molar-refractivity contribution >= 4 is 16.6 Å². The number of aliphatic hydroxyl groups is 1. The van der Waals surface area contributed by atoms with Crippen LogP contribution in [0, 0.1) is 0 Å². The van der Waals surface area contributed by atoms with Crippen molar-refractivity contribution in [3.8, 4) is 0 Å². The van der Waals surface area contributed by atoms with Crippen molar-refractivity contribution in [2.24, 2.45) is 0 Å². The van der Waals surface area contributed by atoms with Gasteiger partial charge in [-0.15, -0.1) is 0 Å². The van der Waals surface area contributed by atoms with Crippen molar-refractivity contribution in [3.63, 3.8) is 0 Å². The second-order valence-electron chi connectivity index (χ2n) is 3.70. The van der Waals surface area contributed by atoms with E-state index in [1.54, 1.807) is 0 Å². The van der Waals surface area contributed by atoms with E-state index < -0.39 is 0 Å². The van der Waals surface area contributed by atoms with Crippen molar-refractivity contribution in [2.45, 2.75) is 6.61 Å². The van der Waals surface area contributed by atoms with Gasteiger partial charge in [0, 0.05) is 19.5 Å². The summed E-state index contributed by atoms with van der Waals surface area (Å²) in [5.74, 6) is 0. The number of pyridine rings is 1. The molecule has 0 amide bonds. The number of fused-ring (bicyclic) bond motifs is 1.